The maximum Gasteiger partial charge on any atom is 0.255 e. The first-order chi connectivity index (χ1) is 11.8. The van der Waals surface area contributed by atoms with Gasteiger partial charge in [-0.15, -0.1) is 6.42 Å². The molecule has 0 unspecified atom stereocenters. The number of amides is 1. The molecule has 2 aromatic rings. The van der Waals surface area contributed by atoms with Gasteiger partial charge in [0.15, 0.2) is 0 Å². The highest BCUT2D eigenvalue weighted by atomic mass is 35.5. The van der Waals surface area contributed by atoms with Gasteiger partial charge in [-0.3, -0.25) is 9.52 Å². The van der Waals surface area contributed by atoms with E-state index in [9.17, 15) is 13.2 Å². The lowest BCUT2D eigenvalue weighted by Gasteiger charge is -2.21. The van der Waals surface area contributed by atoms with Crippen molar-refractivity contribution in [1.29, 1.82) is 0 Å². The van der Waals surface area contributed by atoms with Crippen molar-refractivity contribution in [3.8, 4) is 12.3 Å². The second-order valence-corrected chi connectivity index (χ2v) is 7.57. The molecule has 2 rings (SSSR count). The normalized spacial score (nSPS) is 10.8. The van der Waals surface area contributed by atoms with E-state index >= 15 is 0 Å². The van der Waals surface area contributed by atoms with Crippen LogP contribution in [0, 0.1) is 12.3 Å². The Hall–Kier alpha value is -2.49. The smallest absolute Gasteiger partial charge is 0.255 e. The Balaban J connectivity index is 2.27. The molecule has 0 atom stereocenters. The quantitative estimate of drug-likeness (QED) is 0.788. The summed E-state index contributed by atoms with van der Waals surface area (Å²) in [6.45, 7) is 0.361. The molecule has 130 valence electrons. The Labute approximate surface area is 152 Å². The van der Waals surface area contributed by atoms with Gasteiger partial charge in [0.2, 0.25) is 10.0 Å². The number of anilines is 1. The summed E-state index contributed by atoms with van der Waals surface area (Å²) >= 11 is 6.15. The number of halogens is 1. The van der Waals surface area contributed by atoms with Gasteiger partial charge >= 0.3 is 0 Å². The number of sulfonamides is 1. The summed E-state index contributed by atoms with van der Waals surface area (Å²) in [4.78, 5) is 14.3. The zero-order chi connectivity index (χ0) is 18.4. The van der Waals surface area contributed by atoms with Crippen LogP contribution in [0.15, 0.2) is 48.5 Å². The van der Waals surface area contributed by atoms with Gasteiger partial charge in [0.1, 0.15) is 0 Å². The average molecular weight is 377 g/mol. The number of hydrogen-bond acceptors (Lipinski definition) is 3. The number of hydrogen-bond donors (Lipinski definition) is 1. The Morgan fingerprint density at radius 1 is 1.24 bits per heavy atom. The van der Waals surface area contributed by atoms with Crippen molar-refractivity contribution in [3.05, 3.63) is 64.7 Å². The number of carbonyl (C=O) groups excluding carboxylic acids is 1. The molecule has 0 aliphatic rings. The number of benzene rings is 2. The molecular formula is C18H17ClN2O3S. The highest BCUT2D eigenvalue weighted by molar-refractivity contribution is 7.92. The molecule has 5 nitrogen and oxygen atoms in total. The molecule has 2 aromatic carbocycles. The number of nitrogens with zero attached hydrogens (tertiary/aromatic N) is 1. The summed E-state index contributed by atoms with van der Waals surface area (Å²) in [5.74, 6) is 2.15. The molecule has 0 saturated heterocycles. The lowest BCUT2D eigenvalue weighted by molar-refractivity contribution is 0.0766. The van der Waals surface area contributed by atoms with Crippen molar-refractivity contribution < 1.29 is 13.2 Å². The van der Waals surface area contributed by atoms with Crippen LogP contribution in [0.1, 0.15) is 15.9 Å². The summed E-state index contributed by atoms with van der Waals surface area (Å²) in [6.07, 6.45) is 6.43. The lowest BCUT2D eigenvalue weighted by Crippen LogP contribution is -2.31. The standard InChI is InChI=1S/C18H17ClN2O3S/c1-3-11-21(13-15-7-4-5-10-17(15)19)18(22)14-8-6-9-16(12-14)20-25(2,23)24/h1,4-10,12,20H,11,13H2,2H3. The second kappa shape index (κ2) is 8.06. The number of nitrogens with one attached hydrogen (secondary N) is 1. The van der Waals surface area contributed by atoms with E-state index in [1.807, 2.05) is 12.1 Å². The Bertz CT molecular complexity index is 920. The summed E-state index contributed by atoms with van der Waals surface area (Å²) < 4.78 is 25.0. The van der Waals surface area contributed by atoms with Crippen LogP contribution in [0.4, 0.5) is 5.69 Å². The SMILES string of the molecule is C#CCN(Cc1ccccc1Cl)C(=O)c1cccc(NS(C)(=O)=O)c1. The van der Waals surface area contributed by atoms with Crippen LogP contribution in [0.2, 0.25) is 5.02 Å². The third-order valence-electron chi connectivity index (χ3n) is 3.30. The predicted molar refractivity (Wildman–Crippen MR) is 99.9 cm³/mol. The van der Waals surface area contributed by atoms with E-state index in [1.54, 1.807) is 30.3 Å². The topological polar surface area (TPSA) is 66.5 Å². The van der Waals surface area contributed by atoms with Crippen molar-refractivity contribution in [2.45, 2.75) is 6.54 Å². The van der Waals surface area contributed by atoms with Crippen molar-refractivity contribution in [2.24, 2.45) is 0 Å². The molecule has 0 aliphatic heterocycles. The fourth-order valence-electron chi connectivity index (χ4n) is 2.25. The first-order valence-corrected chi connectivity index (χ1v) is 9.61. The zero-order valence-electron chi connectivity index (χ0n) is 13.6. The molecule has 0 radical (unpaired) electrons. The van der Waals surface area contributed by atoms with Crippen LogP contribution in [0.3, 0.4) is 0 Å². The number of carbonyl (C=O) groups is 1. The molecule has 0 fully saturated rings. The first-order valence-electron chi connectivity index (χ1n) is 7.34. The fraction of sp³-hybridized carbons (Fsp3) is 0.167. The molecular weight excluding hydrogens is 360 g/mol. The maximum atomic E-state index is 12.8. The molecule has 0 saturated carbocycles. The Morgan fingerprint density at radius 3 is 2.60 bits per heavy atom. The second-order valence-electron chi connectivity index (χ2n) is 5.41. The molecule has 0 aliphatic carbocycles. The zero-order valence-corrected chi connectivity index (χ0v) is 15.1. The van der Waals surface area contributed by atoms with Crippen LogP contribution in [0.25, 0.3) is 0 Å². The van der Waals surface area contributed by atoms with Crippen molar-refractivity contribution >= 4 is 33.2 Å². The molecule has 0 heterocycles. The summed E-state index contributed by atoms with van der Waals surface area (Å²) in [7, 11) is -3.43. The Morgan fingerprint density at radius 2 is 1.96 bits per heavy atom. The van der Waals surface area contributed by atoms with Gasteiger partial charge in [-0.05, 0) is 29.8 Å². The molecule has 1 N–H and O–H groups in total. The van der Waals surface area contributed by atoms with Crippen molar-refractivity contribution in [1.82, 2.24) is 4.90 Å². The minimum absolute atomic E-state index is 0.105. The van der Waals surface area contributed by atoms with Crippen molar-refractivity contribution in [3.63, 3.8) is 0 Å². The highest BCUT2D eigenvalue weighted by Crippen LogP contribution is 2.19. The van der Waals surface area contributed by atoms with Gasteiger partial charge in [0, 0.05) is 22.8 Å². The van der Waals surface area contributed by atoms with Crippen LogP contribution in [-0.2, 0) is 16.6 Å². The largest absolute Gasteiger partial charge is 0.323 e. The van der Waals surface area contributed by atoms with Crippen molar-refractivity contribution in [2.75, 3.05) is 17.5 Å². The van der Waals surface area contributed by atoms with E-state index in [1.165, 1.54) is 11.0 Å². The van der Waals surface area contributed by atoms with E-state index < -0.39 is 10.0 Å². The van der Waals surface area contributed by atoms with Gasteiger partial charge in [-0.1, -0.05) is 41.8 Å². The summed E-state index contributed by atoms with van der Waals surface area (Å²) in [5, 5.41) is 0.546. The van der Waals surface area contributed by atoms with Gasteiger partial charge < -0.3 is 4.90 Å². The van der Waals surface area contributed by atoms with E-state index in [-0.39, 0.29) is 19.0 Å². The van der Waals surface area contributed by atoms with E-state index in [0.29, 0.717) is 16.3 Å². The third kappa shape index (κ3) is 5.52. The molecule has 25 heavy (non-hydrogen) atoms. The fourth-order valence-corrected chi connectivity index (χ4v) is 3.00. The van der Waals surface area contributed by atoms with E-state index in [2.05, 4.69) is 10.6 Å². The molecule has 0 spiro atoms. The van der Waals surface area contributed by atoms with Gasteiger partial charge in [0.05, 0.1) is 12.8 Å². The minimum Gasteiger partial charge on any atom is -0.323 e. The molecule has 7 heteroatoms. The molecule has 1 amide bonds. The predicted octanol–water partition coefficient (Wildman–Crippen LogP) is 2.99. The molecule has 0 aromatic heterocycles. The number of rotatable bonds is 6. The first kappa shape index (κ1) is 18.8. The monoisotopic (exact) mass is 376 g/mol. The summed E-state index contributed by atoms with van der Waals surface area (Å²) in [5.41, 5.74) is 1.42. The van der Waals surface area contributed by atoms with Gasteiger partial charge in [0.25, 0.3) is 5.91 Å². The minimum atomic E-state index is -3.43. The van der Waals surface area contributed by atoms with E-state index in [0.717, 1.165) is 11.8 Å². The highest BCUT2D eigenvalue weighted by Gasteiger charge is 2.17. The third-order valence-corrected chi connectivity index (χ3v) is 4.28. The van der Waals surface area contributed by atoms with Crippen LogP contribution >= 0.6 is 11.6 Å². The number of terminal acetylenes is 1. The lowest BCUT2D eigenvalue weighted by atomic mass is 10.1. The maximum absolute atomic E-state index is 12.8. The molecule has 0 bridgehead atoms. The van der Waals surface area contributed by atoms with Crippen LogP contribution in [0.5, 0.6) is 0 Å². The Kier molecular flexibility index (Phi) is 6.07. The van der Waals surface area contributed by atoms with E-state index in [4.69, 9.17) is 18.0 Å². The van der Waals surface area contributed by atoms with Gasteiger partial charge in [-0.25, -0.2) is 8.42 Å². The average Bonchev–Trinajstić information content (AvgIpc) is 2.54. The van der Waals surface area contributed by atoms with Crippen LogP contribution < -0.4 is 4.72 Å². The van der Waals surface area contributed by atoms with Gasteiger partial charge in [-0.2, -0.15) is 0 Å². The van der Waals surface area contributed by atoms with Crippen LogP contribution in [-0.4, -0.2) is 32.0 Å². The summed E-state index contributed by atoms with van der Waals surface area (Å²) in [6, 6.07) is 13.4.